The smallest absolute Gasteiger partial charge is 0.325 e. The first-order valence-corrected chi connectivity index (χ1v) is 18.6. The monoisotopic (exact) mass is 694 g/mol. The van der Waals surface area contributed by atoms with Crippen molar-refractivity contribution in [1.82, 2.24) is 15.5 Å². The van der Waals surface area contributed by atoms with Crippen molar-refractivity contribution < 1.29 is 36.3 Å². The lowest BCUT2D eigenvalue weighted by atomic mass is 9.79. The first-order chi connectivity index (χ1) is 22.6. The number of carbonyl (C=O) groups is 3. The molecule has 2 aliphatic rings. The van der Waals surface area contributed by atoms with Crippen LogP contribution in [-0.2, 0) is 30.6 Å². The molecule has 1 saturated heterocycles. The van der Waals surface area contributed by atoms with Gasteiger partial charge in [0.15, 0.2) is 9.84 Å². The van der Waals surface area contributed by atoms with Crippen molar-refractivity contribution in [2.24, 2.45) is 17.1 Å². The van der Waals surface area contributed by atoms with Gasteiger partial charge in [0.2, 0.25) is 0 Å². The Kier molecular flexibility index (Phi) is 13.9. The van der Waals surface area contributed by atoms with Crippen molar-refractivity contribution in [2.75, 3.05) is 25.4 Å². The first kappa shape index (κ1) is 39.3. The standard InChI is InChI=1S/C35H52F2N4O6S/c1-6-12-28(13-7-2)48(45,46)22-25(21-41-32(43)34(4,5)40-33(41)44)31(42)47-30(20-39-23-35(8-3)14-10-9-11-15-35)29(38)18-24-16-26(36)19-27(37)17-24/h9-11,14,16-17,19,25,28-30,39H,6-8,12-13,15,18,20-23,38H2,1-5H3,(H,40,44)/t25?,29-,30+,35?/m0/s1. The van der Waals surface area contributed by atoms with Crippen LogP contribution in [0.4, 0.5) is 13.6 Å². The SMILES string of the molecule is CCCC(CCC)S(=O)(=O)CC(CN1C(=O)NC(C)(C)C1=O)C(=O)O[C@H](CNCC1(CC)C=CC=CC1)[C@@H](N)Cc1cc(F)cc(F)c1. The summed E-state index contributed by atoms with van der Waals surface area (Å²) in [7, 11) is -3.87. The van der Waals surface area contributed by atoms with Crippen molar-refractivity contribution in [1.29, 1.82) is 0 Å². The van der Waals surface area contributed by atoms with Crippen LogP contribution in [0.25, 0.3) is 0 Å². The van der Waals surface area contributed by atoms with E-state index in [9.17, 15) is 31.6 Å². The molecule has 13 heteroatoms. The third-order valence-corrected chi connectivity index (χ3v) is 11.6. The Hall–Kier alpha value is -3.16. The van der Waals surface area contributed by atoms with Crippen molar-refractivity contribution >= 4 is 27.7 Å². The Morgan fingerprint density at radius 1 is 1.08 bits per heavy atom. The summed E-state index contributed by atoms with van der Waals surface area (Å²) >= 11 is 0. The van der Waals surface area contributed by atoms with E-state index in [2.05, 4.69) is 29.7 Å². The molecule has 2 unspecified atom stereocenters. The molecule has 3 amide bonds. The molecular formula is C35H52F2N4O6S. The minimum atomic E-state index is -3.87. The largest absolute Gasteiger partial charge is 0.459 e. The molecule has 1 aliphatic heterocycles. The van der Waals surface area contributed by atoms with Gasteiger partial charge in [-0.05, 0) is 63.6 Å². The first-order valence-electron chi connectivity index (χ1n) is 16.9. The summed E-state index contributed by atoms with van der Waals surface area (Å²) in [5, 5.41) is 5.20. The molecule has 1 fully saturated rings. The summed E-state index contributed by atoms with van der Waals surface area (Å²) in [6.45, 7) is 8.95. The number of hydrogen-bond donors (Lipinski definition) is 3. The topological polar surface area (TPSA) is 148 Å². The minimum absolute atomic E-state index is 0.0465. The van der Waals surface area contributed by atoms with Crippen molar-refractivity contribution in [2.45, 2.75) is 102 Å². The van der Waals surface area contributed by atoms with Crippen LogP contribution in [0.5, 0.6) is 0 Å². The van der Waals surface area contributed by atoms with Crippen molar-refractivity contribution in [3.05, 3.63) is 59.7 Å². The molecule has 1 aliphatic carbocycles. The zero-order chi connectivity index (χ0) is 35.7. The van der Waals surface area contributed by atoms with E-state index in [0.29, 0.717) is 32.2 Å². The predicted octanol–water partition coefficient (Wildman–Crippen LogP) is 4.58. The van der Waals surface area contributed by atoms with Crippen molar-refractivity contribution in [3.63, 3.8) is 0 Å². The van der Waals surface area contributed by atoms with Crippen LogP contribution in [0.2, 0.25) is 0 Å². The lowest BCUT2D eigenvalue weighted by molar-refractivity contribution is -0.155. The molecule has 1 heterocycles. The number of nitrogens with one attached hydrogen (secondary N) is 2. The number of esters is 1. The second-order valence-corrected chi connectivity index (χ2v) is 16.0. The summed E-state index contributed by atoms with van der Waals surface area (Å²) in [5.74, 6) is -5.11. The highest BCUT2D eigenvalue weighted by Crippen LogP contribution is 2.31. The number of sulfone groups is 1. The van der Waals surface area contributed by atoms with Gasteiger partial charge < -0.3 is 21.1 Å². The average molecular weight is 695 g/mol. The zero-order valence-electron chi connectivity index (χ0n) is 28.8. The molecule has 0 bridgehead atoms. The zero-order valence-corrected chi connectivity index (χ0v) is 29.6. The van der Waals surface area contributed by atoms with E-state index in [-0.39, 0.29) is 23.9 Å². The lowest BCUT2D eigenvalue weighted by Crippen LogP contribution is -2.50. The molecule has 0 saturated carbocycles. The Labute approximate surface area is 283 Å². The van der Waals surface area contributed by atoms with Gasteiger partial charge in [-0.2, -0.15) is 0 Å². The Morgan fingerprint density at radius 2 is 1.73 bits per heavy atom. The van der Waals surface area contributed by atoms with Gasteiger partial charge in [0.05, 0.1) is 16.9 Å². The van der Waals surface area contributed by atoms with Gasteiger partial charge in [0, 0.05) is 37.2 Å². The summed E-state index contributed by atoms with van der Waals surface area (Å²) in [6.07, 6.45) is 10.7. The highest BCUT2D eigenvalue weighted by atomic mass is 32.2. The third kappa shape index (κ3) is 10.4. The van der Waals surface area contributed by atoms with Gasteiger partial charge in [0.25, 0.3) is 5.91 Å². The van der Waals surface area contributed by atoms with E-state index in [1.807, 2.05) is 26.0 Å². The number of nitrogens with two attached hydrogens (primary N) is 1. The number of hydrogen-bond acceptors (Lipinski definition) is 8. The van der Waals surface area contributed by atoms with Crippen LogP contribution in [-0.4, -0.2) is 79.5 Å². The van der Waals surface area contributed by atoms with Crippen LogP contribution >= 0.6 is 0 Å². The van der Waals surface area contributed by atoms with E-state index in [4.69, 9.17) is 10.5 Å². The molecule has 3 rings (SSSR count). The minimum Gasteiger partial charge on any atom is -0.459 e. The third-order valence-electron chi connectivity index (χ3n) is 9.23. The quantitative estimate of drug-likeness (QED) is 0.141. The molecule has 10 nitrogen and oxygen atoms in total. The number of allylic oxidation sites excluding steroid dienone is 3. The van der Waals surface area contributed by atoms with Crippen molar-refractivity contribution in [3.8, 4) is 0 Å². The summed E-state index contributed by atoms with van der Waals surface area (Å²) < 4.78 is 61.4. The lowest BCUT2D eigenvalue weighted by Gasteiger charge is -2.33. The van der Waals surface area contributed by atoms with E-state index < -0.39 is 80.5 Å². The average Bonchev–Trinajstić information content (AvgIpc) is 3.20. The van der Waals surface area contributed by atoms with Crippen LogP contribution in [0.3, 0.4) is 0 Å². The fourth-order valence-corrected chi connectivity index (χ4v) is 8.58. The van der Waals surface area contributed by atoms with Crippen LogP contribution in [0, 0.1) is 23.0 Å². The van der Waals surface area contributed by atoms with Gasteiger partial charge >= 0.3 is 12.0 Å². The summed E-state index contributed by atoms with van der Waals surface area (Å²) in [4.78, 5) is 40.7. The van der Waals surface area contributed by atoms with Crippen LogP contribution in [0.1, 0.15) is 78.7 Å². The maximum Gasteiger partial charge on any atom is 0.325 e. The molecular weight excluding hydrogens is 642 g/mol. The molecule has 48 heavy (non-hydrogen) atoms. The van der Waals surface area contributed by atoms with Gasteiger partial charge in [0.1, 0.15) is 23.3 Å². The number of nitrogens with zero attached hydrogens (tertiary/aromatic N) is 1. The van der Waals surface area contributed by atoms with E-state index in [0.717, 1.165) is 35.9 Å². The fourth-order valence-electron chi connectivity index (χ4n) is 6.31. The van der Waals surface area contributed by atoms with Gasteiger partial charge in [-0.1, -0.05) is 57.9 Å². The molecule has 0 radical (unpaired) electrons. The van der Waals surface area contributed by atoms with E-state index >= 15 is 0 Å². The van der Waals surface area contributed by atoms with Crippen LogP contribution < -0.4 is 16.4 Å². The Morgan fingerprint density at radius 3 is 2.25 bits per heavy atom. The number of rotatable bonds is 19. The van der Waals surface area contributed by atoms with Gasteiger partial charge in [-0.25, -0.2) is 22.0 Å². The van der Waals surface area contributed by atoms with E-state index in [1.165, 1.54) is 13.8 Å². The molecule has 1 aromatic rings. The number of ether oxygens (including phenoxy) is 1. The second-order valence-electron chi connectivity index (χ2n) is 13.7. The number of amides is 3. The van der Waals surface area contributed by atoms with Crippen LogP contribution in [0.15, 0.2) is 42.5 Å². The molecule has 4 N–H and O–H groups in total. The maximum absolute atomic E-state index is 14.0. The highest BCUT2D eigenvalue weighted by Gasteiger charge is 2.47. The number of imide groups is 1. The second kappa shape index (κ2) is 17.0. The molecule has 0 spiro atoms. The number of carbonyl (C=O) groups excluding carboxylic acids is 3. The van der Waals surface area contributed by atoms with Gasteiger partial charge in [-0.15, -0.1) is 0 Å². The summed E-state index contributed by atoms with van der Waals surface area (Å²) in [5.41, 5.74) is 5.39. The van der Waals surface area contributed by atoms with E-state index in [1.54, 1.807) is 0 Å². The number of urea groups is 1. The highest BCUT2D eigenvalue weighted by molar-refractivity contribution is 7.92. The Bertz CT molecular complexity index is 1440. The summed E-state index contributed by atoms with van der Waals surface area (Å²) in [6, 6.07) is 1.37. The van der Waals surface area contributed by atoms with Gasteiger partial charge in [-0.3, -0.25) is 14.5 Å². The maximum atomic E-state index is 14.0. The molecule has 4 atom stereocenters. The molecule has 0 aromatic heterocycles. The molecule has 268 valence electrons. The Balaban J connectivity index is 1.91. The normalized spacial score (nSPS) is 21.0. The molecule has 1 aromatic carbocycles. The fraction of sp³-hybridized carbons (Fsp3) is 0.629. The number of benzene rings is 1. The predicted molar refractivity (Wildman–Crippen MR) is 182 cm³/mol. The number of halogens is 2.